The number of aryl methyl sites for hydroxylation is 1. The van der Waals surface area contributed by atoms with Crippen molar-refractivity contribution in [2.75, 3.05) is 20.3 Å². The molecule has 112 valence electrons. The predicted octanol–water partition coefficient (Wildman–Crippen LogP) is 4.18. The molecule has 21 heavy (non-hydrogen) atoms. The fourth-order valence-corrected chi connectivity index (χ4v) is 2.11. The van der Waals surface area contributed by atoms with Crippen LogP contribution in [0.4, 0.5) is 0 Å². The van der Waals surface area contributed by atoms with Crippen LogP contribution in [0.5, 0.6) is 11.5 Å². The van der Waals surface area contributed by atoms with Gasteiger partial charge >= 0.3 is 0 Å². The van der Waals surface area contributed by atoms with Crippen molar-refractivity contribution in [3.8, 4) is 11.5 Å². The minimum atomic E-state index is 0.614. The number of nitrogens with one attached hydrogen (secondary N) is 1. The fraction of sp³-hybridized carbons (Fsp3) is 0.294. The molecule has 0 fully saturated rings. The largest absolute Gasteiger partial charge is 0.455 e. The Balaban J connectivity index is 2.10. The van der Waals surface area contributed by atoms with Gasteiger partial charge in [0, 0.05) is 25.8 Å². The van der Waals surface area contributed by atoms with Crippen LogP contribution in [0.1, 0.15) is 11.1 Å². The number of para-hydroxylation sites is 1. The van der Waals surface area contributed by atoms with Crippen molar-refractivity contribution in [1.29, 1.82) is 0 Å². The third kappa shape index (κ3) is 4.74. The molecule has 1 N–H and O–H groups in total. The summed E-state index contributed by atoms with van der Waals surface area (Å²) in [7, 11) is 1.69. The zero-order valence-corrected chi connectivity index (χ0v) is 13.1. The van der Waals surface area contributed by atoms with Crippen LogP contribution in [0.25, 0.3) is 0 Å². The summed E-state index contributed by atoms with van der Waals surface area (Å²) in [6.45, 7) is 4.23. The molecule has 2 rings (SSSR count). The maximum absolute atomic E-state index is 6.19. The third-order valence-corrected chi connectivity index (χ3v) is 3.39. The van der Waals surface area contributed by atoms with Crippen molar-refractivity contribution >= 4 is 11.6 Å². The Labute approximate surface area is 130 Å². The van der Waals surface area contributed by atoms with E-state index in [1.165, 1.54) is 0 Å². The molecule has 0 saturated heterocycles. The van der Waals surface area contributed by atoms with E-state index in [-0.39, 0.29) is 0 Å². The maximum atomic E-state index is 6.19. The molecule has 0 aliphatic rings. The number of hydrogen-bond donors (Lipinski definition) is 1. The lowest BCUT2D eigenvalue weighted by Gasteiger charge is -2.13. The van der Waals surface area contributed by atoms with Crippen molar-refractivity contribution in [3.63, 3.8) is 0 Å². The quantitative estimate of drug-likeness (QED) is 0.779. The van der Waals surface area contributed by atoms with E-state index >= 15 is 0 Å². The van der Waals surface area contributed by atoms with Gasteiger partial charge in [0.2, 0.25) is 0 Å². The molecule has 0 radical (unpaired) electrons. The summed E-state index contributed by atoms with van der Waals surface area (Å²) in [5.74, 6) is 1.50. The normalized spacial score (nSPS) is 10.6. The number of rotatable bonds is 7. The van der Waals surface area contributed by atoms with Crippen molar-refractivity contribution in [2.24, 2.45) is 0 Å². The van der Waals surface area contributed by atoms with E-state index in [0.29, 0.717) is 17.4 Å². The predicted molar refractivity (Wildman–Crippen MR) is 86.3 cm³/mol. The number of halogens is 1. The van der Waals surface area contributed by atoms with E-state index < -0.39 is 0 Å². The highest BCUT2D eigenvalue weighted by Crippen LogP contribution is 2.31. The third-order valence-electron chi connectivity index (χ3n) is 3.08. The molecule has 2 aromatic carbocycles. The Morgan fingerprint density at radius 2 is 1.90 bits per heavy atom. The molecule has 0 unspecified atom stereocenters. The van der Waals surface area contributed by atoms with Gasteiger partial charge in [-0.3, -0.25) is 0 Å². The van der Waals surface area contributed by atoms with Crippen molar-refractivity contribution in [2.45, 2.75) is 13.5 Å². The molecule has 0 atom stereocenters. The summed E-state index contributed by atoms with van der Waals surface area (Å²) in [6.07, 6.45) is 0. The summed E-state index contributed by atoms with van der Waals surface area (Å²) >= 11 is 6.19. The topological polar surface area (TPSA) is 30.5 Å². The van der Waals surface area contributed by atoms with Gasteiger partial charge in [-0.25, -0.2) is 0 Å². The molecule has 0 saturated carbocycles. The molecular weight excluding hydrogens is 286 g/mol. The zero-order chi connectivity index (χ0) is 15.1. The van der Waals surface area contributed by atoms with Crippen molar-refractivity contribution in [1.82, 2.24) is 5.32 Å². The molecule has 0 bridgehead atoms. The molecule has 0 heterocycles. The molecule has 0 amide bonds. The van der Waals surface area contributed by atoms with E-state index in [1.807, 2.05) is 49.4 Å². The van der Waals surface area contributed by atoms with Gasteiger partial charge in [-0.15, -0.1) is 0 Å². The molecule has 0 aliphatic carbocycles. The van der Waals surface area contributed by atoms with Gasteiger partial charge in [0.15, 0.2) is 0 Å². The molecule has 4 heteroatoms. The zero-order valence-electron chi connectivity index (χ0n) is 12.4. The van der Waals surface area contributed by atoms with Crippen LogP contribution in [0.3, 0.4) is 0 Å². The monoisotopic (exact) mass is 305 g/mol. The first-order valence-electron chi connectivity index (χ1n) is 6.92. The average molecular weight is 306 g/mol. The van der Waals surface area contributed by atoms with Crippen LogP contribution in [-0.2, 0) is 11.3 Å². The minimum absolute atomic E-state index is 0.614. The number of ether oxygens (including phenoxy) is 2. The molecular formula is C17H20ClNO2. The van der Waals surface area contributed by atoms with Crippen molar-refractivity contribution in [3.05, 3.63) is 58.6 Å². The van der Waals surface area contributed by atoms with Gasteiger partial charge in [0.05, 0.1) is 11.6 Å². The lowest BCUT2D eigenvalue weighted by atomic mass is 10.2. The maximum Gasteiger partial charge on any atom is 0.146 e. The highest BCUT2D eigenvalue weighted by molar-refractivity contribution is 6.32. The van der Waals surface area contributed by atoms with Crippen LogP contribution in [0.15, 0.2) is 42.5 Å². The second kappa shape index (κ2) is 8.03. The standard InChI is InChI=1S/C17H20ClNO2/c1-13-7-8-15(18)17(11-13)21-16-6-4-3-5-14(16)12-19-9-10-20-2/h3-8,11,19H,9-10,12H2,1-2H3. The molecule has 2 aromatic rings. The van der Waals surface area contributed by atoms with Gasteiger partial charge in [-0.1, -0.05) is 35.9 Å². The lowest BCUT2D eigenvalue weighted by molar-refractivity contribution is 0.199. The number of benzene rings is 2. The first-order valence-corrected chi connectivity index (χ1v) is 7.30. The first-order chi connectivity index (χ1) is 10.2. The van der Waals surface area contributed by atoms with Gasteiger partial charge in [0.1, 0.15) is 11.5 Å². The summed E-state index contributed by atoms with van der Waals surface area (Å²) in [4.78, 5) is 0. The molecule has 0 aliphatic heterocycles. The van der Waals surface area contributed by atoms with E-state index in [2.05, 4.69) is 5.32 Å². The van der Waals surface area contributed by atoms with Gasteiger partial charge in [-0.05, 0) is 30.7 Å². The van der Waals surface area contributed by atoms with E-state index in [0.717, 1.165) is 30.0 Å². The van der Waals surface area contributed by atoms with Crippen LogP contribution >= 0.6 is 11.6 Å². The molecule has 3 nitrogen and oxygen atoms in total. The average Bonchev–Trinajstić information content (AvgIpc) is 2.49. The second-order valence-corrected chi connectivity index (χ2v) is 5.22. The summed E-state index contributed by atoms with van der Waals surface area (Å²) in [5.41, 5.74) is 2.20. The van der Waals surface area contributed by atoms with Gasteiger partial charge in [0.25, 0.3) is 0 Å². The minimum Gasteiger partial charge on any atom is -0.455 e. The number of hydrogen-bond acceptors (Lipinski definition) is 3. The summed E-state index contributed by atoms with van der Waals surface area (Å²) in [5, 5.41) is 3.93. The lowest BCUT2D eigenvalue weighted by Crippen LogP contribution is -2.18. The van der Waals surface area contributed by atoms with Crippen LogP contribution < -0.4 is 10.1 Å². The molecule has 0 aromatic heterocycles. The van der Waals surface area contributed by atoms with E-state index in [4.69, 9.17) is 21.1 Å². The summed E-state index contributed by atoms with van der Waals surface area (Å²) in [6, 6.07) is 13.7. The summed E-state index contributed by atoms with van der Waals surface area (Å²) < 4.78 is 11.0. The second-order valence-electron chi connectivity index (χ2n) is 4.81. The van der Waals surface area contributed by atoms with Gasteiger partial charge < -0.3 is 14.8 Å². The van der Waals surface area contributed by atoms with Crippen LogP contribution in [-0.4, -0.2) is 20.3 Å². The Kier molecular flexibility index (Phi) is 6.05. The molecule has 0 spiro atoms. The van der Waals surface area contributed by atoms with E-state index in [1.54, 1.807) is 7.11 Å². The Morgan fingerprint density at radius 3 is 2.71 bits per heavy atom. The Bertz CT molecular complexity index is 587. The van der Waals surface area contributed by atoms with E-state index in [9.17, 15) is 0 Å². The highest BCUT2D eigenvalue weighted by atomic mass is 35.5. The first kappa shape index (κ1) is 15.8. The van der Waals surface area contributed by atoms with Crippen LogP contribution in [0.2, 0.25) is 5.02 Å². The fourth-order valence-electron chi connectivity index (χ4n) is 1.95. The Hall–Kier alpha value is -1.55. The van der Waals surface area contributed by atoms with Crippen LogP contribution in [0, 0.1) is 6.92 Å². The SMILES string of the molecule is COCCNCc1ccccc1Oc1cc(C)ccc1Cl. The van der Waals surface area contributed by atoms with Gasteiger partial charge in [-0.2, -0.15) is 0 Å². The van der Waals surface area contributed by atoms with Crippen molar-refractivity contribution < 1.29 is 9.47 Å². The highest BCUT2D eigenvalue weighted by Gasteiger charge is 2.07. The number of methoxy groups -OCH3 is 1. The Morgan fingerprint density at radius 1 is 1.10 bits per heavy atom. The smallest absolute Gasteiger partial charge is 0.146 e.